The number of carbonyl (C=O) groups excluding carboxylic acids is 1. The minimum atomic E-state index is -0.810. The number of halogens is 1. The van der Waals surface area contributed by atoms with Crippen LogP contribution in [-0.2, 0) is 15.1 Å². The van der Waals surface area contributed by atoms with Gasteiger partial charge in [-0.15, -0.1) is 0 Å². The average molecular weight is 254 g/mol. The molecular weight excluding hydrogens is 238 g/mol. The Kier molecular flexibility index (Phi) is 3.40. The van der Waals surface area contributed by atoms with E-state index in [1.807, 2.05) is 18.2 Å². The summed E-state index contributed by atoms with van der Waals surface area (Å²) in [5.41, 5.74) is -0.0172. The van der Waals surface area contributed by atoms with Crippen LogP contribution in [0.1, 0.15) is 18.9 Å². The Labute approximate surface area is 106 Å². The molecule has 1 N–H and O–H groups in total. The molecule has 0 saturated carbocycles. The van der Waals surface area contributed by atoms with E-state index >= 15 is 0 Å². The van der Waals surface area contributed by atoms with Crippen LogP contribution in [0.5, 0.6) is 0 Å². The van der Waals surface area contributed by atoms with Crippen LogP contribution in [0, 0.1) is 5.92 Å². The zero-order chi connectivity index (χ0) is 12.5. The number of ether oxygens (including phenoxy) is 1. The molecular formula is C13H16ClNO2. The zero-order valence-electron chi connectivity index (χ0n) is 10.00. The summed E-state index contributed by atoms with van der Waals surface area (Å²) in [6.45, 7) is 2.54. The first-order chi connectivity index (χ1) is 8.10. The summed E-state index contributed by atoms with van der Waals surface area (Å²) < 4.78 is 5.25. The number of rotatable bonds is 2. The van der Waals surface area contributed by atoms with Crippen molar-refractivity contribution in [2.75, 3.05) is 13.7 Å². The maximum absolute atomic E-state index is 12.1. The summed E-state index contributed by atoms with van der Waals surface area (Å²) in [5.74, 6) is 0.0719. The Hall–Kier alpha value is -1.06. The molecule has 1 heterocycles. The fourth-order valence-electron chi connectivity index (χ4n) is 2.37. The summed E-state index contributed by atoms with van der Waals surface area (Å²) in [7, 11) is 1.77. The van der Waals surface area contributed by atoms with Crippen LogP contribution in [0.3, 0.4) is 0 Å². The van der Waals surface area contributed by atoms with E-state index in [1.54, 1.807) is 13.1 Å². The molecule has 0 spiro atoms. The average Bonchev–Trinajstić information content (AvgIpc) is 2.33. The van der Waals surface area contributed by atoms with Gasteiger partial charge in [0.1, 0.15) is 5.54 Å². The fraction of sp³-hybridized carbons (Fsp3) is 0.462. The molecule has 2 rings (SSSR count). The van der Waals surface area contributed by atoms with Gasteiger partial charge in [-0.2, -0.15) is 0 Å². The van der Waals surface area contributed by atoms with Crippen molar-refractivity contribution in [2.45, 2.75) is 18.9 Å². The second kappa shape index (κ2) is 4.67. The molecule has 1 saturated heterocycles. The highest BCUT2D eigenvalue weighted by Gasteiger charge is 2.45. The Morgan fingerprint density at radius 3 is 2.82 bits per heavy atom. The van der Waals surface area contributed by atoms with Crippen molar-refractivity contribution in [3.63, 3.8) is 0 Å². The molecule has 1 aromatic carbocycles. The number of nitrogens with one attached hydrogen (secondary N) is 1. The summed E-state index contributed by atoms with van der Waals surface area (Å²) >= 11 is 6.19. The minimum Gasteiger partial charge on any atom is -0.464 e. The summed E-state index contributed by atoms with van der Waals surface area (Å²) in [4.78, 5) is 12.1. The highest BCUT2D eigenvalue weighted by Crippen LogP contribution is 2.37. The lowest BCUT2D eigenvalue weighted by atomic mass is 9.80. The van der Waals surface area contributed by atoms with E-state index in [0.29, 0.717) is 24.0 Å². The molecule has 1 aliphatic heterocycles. The number of hydrogen-bond donors (Lipinski definition) is 1. The van der Waals surface area contributed by atoms with Crippen molar-refractivity contribution in [1.29, 1.82) is 0 Å². The molecule has 0 bridgehead atoms. The molecule has 0 aliphatic carbocycles. The summed E-state index contributed by atoms with van der Waals surface area (Å²) in [6.07, 6.45) is 0.700. The largest absolute Gasteiger partial charge is 0.464 e. The van der Waals surface area contributed by atoms with E-state index < -0.39 is 5.54 Å². The Morgan fingerprint density at radius 2 is 2.18 bits per heavy atom. The van der Waals surface area contributed by atoms with Gasteiger partial charge in [-0.25, -0.2) is 4.79 Å². The Morgan fingerprint density at radius 1 is 1.47 bits per heavy atom. The van der Waals surface area contributed by atoms with Gasteiger partial charge in [0.25, 0.3) is 0 Å². The SMILES string of the molecule is CN[C@]1(c2ccccc2Cl)C[C@@H](C)COC1=O. The van der Waals surface area contributed by atoms with Gasteiger partial charge in [0.2, 0.25) is 0 Å². The van der Waals surface area contributed by atoms with Gasteiger partial charge in [0, 0.05) is 10.6 Å². The third-order valence-electron chi connectivity index (χ3n) is 3.26. The monoisotopic (exact) mass is 253 g/mol. The van der Waals surface area contributed by atoms with Gasteiger partial charge in [-0.1, -0.05) is 36.7 Å². The summed E-state index contributed by atoms with van der Waals surface area (Å²) in [6, 6.07) is 7.40. The second-order valence-electron chi connectivity index (χ2n) is 4.54. The van der Waals surface area contributed by atoms with Crippen LogP contribution >= 0.6 is 11.6 Å². The van der Waals surface area contributed by atoms with Crippen molar-refractivity contribution >= 4 is 17.6 Å². The van der Waals surface area contributed by atoms with E-state index in [9.17, 15) is 4.79 Å². The number of likely N-dealkylation sites (N-methyl/N-ethyl adjacent to an activating group) is 1. The van der Waals surface area contributed by atoms with Gasteiger partial charge in [-0.05, 0) is 25.5 Å². The summed E-state index contributed by atoms with van der Waals surface area (Å²) in [5, 5.41) is 3.69. The zero-order valence-corrected chi connectivity index (χ0v) is 10.8. The van der Waals surface area contributed by atoms with Crippen LogP contribution in [0.4, 0.5) is 0 Å². The predicted octanol–water partition coefficient (Wildman–Crippen LogP) is 2.34. The van der Waals surface area contributed by atoms with E-state index in [4.69, 9.17) is 16.3 Å². The van der Waals surface area contributed by atoms with Crippen LogP contribution in [0.25, 0.3) is 0 Å². The van der Waals surface area contributed by atoms with Crippen LogP contribution < -0.4 is 5.32 Å². The van der Waals surface area contributed by atoms with Crippen LogP contribution in [0.2, 0.25) is 5.02 Å². The standard InChI is InChI=1S/C13H16ClNO2/c1-9-7-13(15-2,12(16)17-8-9)10-5-3-4-6-11(10)14/h3-6,9,15H,7-8H2,1-2H3/t9-,13+/m1/s1. The van der Waals surface area contributed by atoms with Gasteiger partial charge in [0.15, 0.2) is 0 Å². The molecule has 3 nitrogen and oxygen atoms in total. The van der Waals surface area contributed by atoms with Crippen molar-refractivity contribution < 1.29 is 9.53 Å². The van der Waals surface area contributed by atoms with Crippen LogP contribution in [-0.4, -0.2) is 19.6 Å². The molecule has 17 heavy (non-hydrogen) atoms. The molecule has 1 aliphatic rings. The smallest absolute Gasteiger partial charge is 0.331 e. The van der Waals surface area contributed by atoms with E-state index in [0.717, 1.165) is 5.56 Å². The first kappa shape index (κ1) is 12.4. The molecule has 0 radical (unpaired) electrons. The van der Waals surface area contributed by atoms with Crippen molar-refractivity contribution in [1.82, 2.24) is 5.32 Å². The number of cyclic esters (lactones) is 1. The first-order valence-electron chi connectivity index (χ1n) is 5.71. The lowest BCUT2D eigenvalue weighted by Gasteiger charge is -2.38. The van der Waals surface area contributed by atoms with Crippen molar-refractivity contribution in [3.8, 4) is 0 Å². The number of carbonyl (C=O) groups is 1. The van der Waals surface area contributed by atoms with Crippen LogP contribution in [0.15, 0.2) is 24.3 Å². The quantitative estimate of drug-likeness (QED) is 0.823. The number of benzene rings is 1. The van der Waals surface area contributed by atoms with Gasteiger partial charge in [-0.3, -0.25) is 0 Å². The second-order valence-corrected chi connectivity index (χ2v) is 4.95. The fourth-order valence-corrected chi connectivity index (χ4v) is 2.67. The van der Waals surface area contributed by atoms with Gasteiger partial charge in [0.05, 0.1) is 6.61 Å². The highest BCUT2D eigenvalue weighted by atomic mass is 35.5. The van der Waals surface area contributed by atoms with Crippen molar-refractivity contribution in [2.24, 2.45) is 5.92 Å². The normalized spacial score (nSPS) is 28.9. The number of esters is 1. The molecule has 92 valence electrons. The molecule has 0 unspecified atom stereocenters. The lowest BCUT2D eigenvalue weighted by Crippen LogP contribution is -2.53. The van der Waals surface area contributed by atoms with Gasteiger partial charge < -0.3 is 10.1 Å². The minimum absolute atomic E-state index is 0.244. The topological polar surface area (TPSA) is 38.3 Å². The third kappa shape index (κ3) is 2.05. The maximum Gasteiger partial charge on any atom is 0.331 e. The molecule has 0 aromatic heterocycles. The predicted molar refractivity (Wildman–Crippen MR) is 66.9 cm³/mol. The molecule has 2 atom stereocenters. The Balaban J connectivity index is 2.49. The maximum atomic E-state index is 12.1. The van der Waals surface area contributed by atoms with E-state index in [-0.39, 0.29) is 5.97 Å². The van der Waals surface area contributed by atoms with Crippen molar-refractivity contribution in [3.05, 3.63) is 34.9 Å². The van der Waals surface area contributed by atoms with E-state index in [1.165, 1.54) is 0 Å². The molecule has 1 aromatic rings. The molecule has 1 fully saturated rings. The van der Waals surface area contributed by atoms with Gasteiger partial charge >= 0.3 is 5.97 Å². The number of hydrogen-bond acceptors (Lipinski definition) is 3. The molecule has 4 heteroatoms. The Bertz CT molecular complexity index is 435. The molecule has 0 amide bonds. The lowest BCUT2D eigenvalue weighted by molar-refractivity contribution is -0.160. The third-order valence-corrected chi connectivity index (χ3v) is 3.59. The highest BCUT2D eigenvalue weighted by molar-refractivity contribution is 6.31. The van der Waals surface area contributed by atoms with E-state index in [2.05, 4.69) is 12.2 Å². The first-order valence-corrected chi connectivity index (χ1v) is 6.09.